The monoisotopic (exact) mass is 231 g/mol. The molecule has 1 rings (SSSR count). The molecule has 0 saturated heterocycles. The second-order valence-electron chi connectivity index (χ2n) is 4.26. The molecule has 0 saturated carbocycles. The van der Waals surface area contributed by atoms with Crippen LogP contribution in [-0.4, -0.2) is 6.61 Å². The summed E-state index contributed by atoms with van der Waals surface area (Å²) in [5, 5.41) is 8.56. The van der Waals surface area contributed by atoms with Crippen LogP contribution in [0.3, 0.4) is 0 Å². The quantitative estimate of drug-likeness (QED) is 0.637. The highest BCUT2D eigenvalue weighted by Gasteiger charge is 1.95. The van der Waals surface area contributed by atoms with Gasteiger partial charge in [-0.15, -0.1) is 0 Å². The van der Waals surface area contributed by atoms with Crippen molar-refractivity contribution in [3.05, 3.63) is 35.4 Å². The molecule has 2 heteroatoms. The number of nitriles is 1. The number of rotatable bonds is 8. The summed E-state index contributed by atoms with van der Waals surface area (Å²) in [7, 11) is 0. The maximum Gasteiger partial charge on any atom is 0.0716 e. The van der Waals surface area contributed by atoms with E-state index in [-0.39, 0.29) is 0 Å². The van der Waals surface area contributed by atoms with Gasteiger partial charge in [0.1, 0.15) is 0 Å². The molecule has 0 heterocycles. The third kappa shape index (κ3) is 6.09. The van der Waals surface area contributed by atoms with Crippen LogP contribution >= 0.6 is 0 Å². The first-order chi connectivity index (χ1) is 8.36. The molecular weight excluding hydrogens is 210 g/mol. The molecule has 0 N–H and O–H groups in total. The predicted molar refractivity (Wildman–Crippen MR) is 69.6 cm³/mol. The van der Waals surface area contributed by atoms with E-state index in [1.54, 1.807) is 0 Å². The Kier molecular flexibility index (Phi) is 7.09. The van der Waals surface area contributed by atoms with Crippen LogP contribution in [0.25, 0.3) is 0 Å². The molecule has 0 aliphatic heterocycles. The fraction of sp³-hybridized carbons (Fsp3) is 0.533. The molecule has 0 aliphatic rings. The van der Waals surface area contributed by atoms with E-state index in [2.05, 4.69) is 13.0 Å². The fourth-order valence-corrected chi connectivity index (χ4v) is 1.67. The summed E-state index contributed by atoms with van der Waals surface area (Å²) in [6.07, 6.45) is 5.46. The summed E-state index contributed by atoms with van der Waals surface area (Å²) in [6.45, 7) is 3.74. The number of benzene rings is 1. The molecular formula is C15H21NO. The summed E-state index contributed by atoms with van der Waals surface area (Å²) in [5.41, 5.74) is 2.25. The lowest BCUT2D eigenvalue weighted by Gasteiger charge is -2.04. The lowest BCUT2D eigenvalue weighted by atomic mass is 10.1. The Morgan fingerprint density at radius 1 is 1.06 bits per heavy atom. The van der Waals surface area contributed by atoms with Gasteiger partial charge in [0.15, 0.2) is 0 Å². The Bertz CT molecular complexity index is 337. The van der Waals surface area contributed by atoms with Crippen molar-refractivity contribution in [1.29, 1.82) is 5.26 Å². The van der Waals surface area contributed by atoms with Crippen LogP contribution in [0.2, 0.25) is 0 Å². The van der Waals surface area contributed by atoms with Crippen LogP contribution in [0.5, 0.6) is 0 Å². The third-order valence-corrected chi connectivity index (χ3v) is 2.72. The second kappa shape index (κ2) is 8.78. The Morgan fingerprint density at radius 2 is 1.76 bits per heavy atom. The molecule has 0 bridgehead atoms. The molecule has 0 atom stereocenters. The van der Waals surface area contributed by atoms with Crippen LogP contribution in [0.4, 0.5) is 0 Å². The van der Waals surface area contributed by atoms with E-state index in [0.717, 1.165) is 18.6 Å². The second-order valence-corrected chi connectivity index (χ2v) is 4.26. The Balaban J connectivity index is 2.17. The molecule has 17 heavy (non-hydrogen) atoms. The maximum absolute atomic E-state index is 8.56. The Hall–Kier alpha value is -1.33. The molecule has 0 aromatic heterocycles. The Morgan fingerprint density at radius 3 is 2.41 bits per heavy atom. The van der Waals surface area contributed by atoms with Crippen molar-refractivity contribution in [3.8, 4) is 6.07 Å². The standard InChI is InChI=1S/C15H21NO/c1-2-3-4-5-12-17-13-15-8-6-14(7-9-15)10-11-16/h6-9H,2-5,10,12-13H2,1H3. The lowest BCUT2D eigenvalue weighted by Crippen LogP contribution is -1.96. The van der Waals surface area contributed by atoms with E-state index in [1.807, 2.05) is 24.3 Å². The van der Waals surface area contributed by atoms with Crippen molar-refractivity contribution in [2.24, 2.45) is 0 Å². The molecule has 0 unspecified atom stereocenters. The maximum atomic E-state index is 8.56. The van der Waals surface area contributed by atoms with Crippen molar-refractivity contribution in [2.45, 2.75) is 45.6 Å². The SMILES string of the molecule is CCCCCCOCc1ccc(CC#N)cc1. The smallest absolute Gasteiger partial charge is 0.0716 e. The van der Waals surface area contributed by atoms with Gasteiger partial charge in [-0.2, -0.15) is 5.26 Å². The molecule has 1 aromatic carbocycles. The van der Waals surface area contributed by atoms with Gasteiger partial charge in [-0.1, -0.05) is 50.5 Å². The van der Waals surface area contributed by atoms with Gasteiger partial charge in [0, 0.05) is 6.61 Å². The van der Waals surface area contributed by atoms with Gasteiger partial charge < -0.3 is 4.74 Å². The van der Waals surface area contributed by atoms with E-state index in [0.29, 0.717) is 13.0 Å². The van der Waals surface area contributed by atoms with Gasteiger partial charge in [-0.25, -0.2) is 0 Å². The largest absolute Gasteiger partial charge is 0.377 e. The van der Waals surface area contributed by atoms with Crippen molar-refractivity contribution >= 4 is 0 Å². The van der Waals surface area contributed by atoms with E-state index >= 15 is 0 Å². The zero-order chi connectivity index (χ0) is 12.3. The number of ether oxygens (including phenoxy) is 1. The minimum Gasteiger partial charge on any atom is -0.377 e. The summed E-state index contributed by atoms with van der Waals surface area (Å²) in [5.74, 6) is 0. The molecule has 0 spiro atoms. The predicted octanol–water partition coefficient (Wildman–Crippen LogP) is 3.85. The summed E-state index contributed by atoms with van der Waals surface area (Å²) in [6, 6.07) is 10.2. The average Bonchev–Trinajstić information content (AvgIpc) is 2.36. The first-order valence-corrected chi connectivity index (χ1v) is 6.39. The number of nitrogens with zero attached hydrogens (tertiary/aromatic N) is 1. The number of hydrogen-bond acceptors (Lipinski definition) is 2. The van der Waals surface area contributed by atoms with Gasteiger partial charge in [-0.3, -0.25) is 0 Å². The highest BCUT2D eigenvalue weighted by molar-refractivity contribution is 5.23. The highest BCUT2D eigenvalue weighted by Crippen LogP contribution is 2.07. The molecule has 92 valence electrons. The molecule has 1 aromatic rings. The van der Waals surface area contributed by atoms with Crippen molar-refractivity contribution < 1.29 is 4.74 Å². The molecule has 0 radical (unpaired) electrons. The zero-order valence-corrected chi connectivity index (χ0v) is 10.6. The molecule has 0 aliphatic carbocycles. The topological polar surface area (TPSA) is 33.0 Å². The van der Waals surface area contributed by atoms with Gasteiger partial charge in [0.25, 0.3) is 0 Å². The molecule has 2 nitrogen and oxygen atoms in total. The van der Waals surface area contributed by atoms with Gasteiger partial charge in [0.2, 0.25) is 0 Å². The normalized spacial score (nSPS) is 10.1. The van der Waals surface area contributed by atoms with Crippen LogP contribution in [0.1, 0.15) is 43.7 Å². The number of unbranched alkanes of at least 4 members (excludes halogenated alkanes) is 3. The first-order valence-electron chi connectivity index (χ1n) is 6.39. The fourth-order valence-electron chi connectivity index (χ4n) is 1.67. The van der Waals surface area contributed by atoms with E-state index in [1.165, 1.54) is 24.8 Å². The van der Waals surface area contributed by atoms with Gasteiger partial charge >= 0.3 is 0 Å². The highest BCUT2D eigenvalue weighted by atomic mass is 16.5. The van der Waals surface area contributed by atoms with Crippen LogP contribution < -0.4 is 0 Å². The lowest BCUT2D eigenvalue weighted by molar-refractivity contribution is 0.117. The van der Waals surface area contributed by atoms with E-state index in [9.17, 15) is 0 Å². The zero-order valence-electron chi connectivity index (χ0n) is 10.6. The summed E-state index contributed by atoms with van der Waals surface area (Å²) < 4.78 is 5.60. The van der Waals surface area contributed by atoms with Crippen LogP contribution in [0.15, 0.2) is 24.3 Å². The average molecular weight is 231 g/mol. The van der Waals surface area contributed by atoms with Crippen molar-refractivity contribution in [3.63, 3.8) is 0 Å². The summed E-state index contributed by atoms with van der Waals surface area (Å²) >= 11 is 0. The van der Waals surface area contributed by atoms with Gasteiger partial charge in [0.05, 0.1) is 19.1 Å². The minimum atomic E-state index is 0.484. The van der Waals surface area contributed by atoms with E-state index < -0.39 is 0 Å². The third-order valence-electron chi connectivity index (χ3n) is 2.72. The van der Waals surface area contributed by atoms with E-state index in [4.69, 9.17) is 10.00 Å². The van der Waals surface area contributed by atoms with Crippen molar-refractivity contribution in [2.75, 3.05) is 6.61 Å². The first kappa shape index (κ1) is 13.7. The molecule has 0 fully saturated rings. The van der Waals surface area contributed by atoms with Crippen molar-refractivity contribution in [1.82, 2.24) is 0 Å². The Labute approximate surface area is 104 Å². The van der Waals surface area contributed by atoms with Gasteiger partial charge in [-0.05, 0) is 17.5 Å². The van der Waals surface area contributed by atoms with Crippen LogP contribution in [0, 0.1) is 11.3 Å². The summed E-state index contributed by atoms with van der Waals surface area (Å²) in [4.78, 5) is 0. The minimum absolute atomic E-state index is 0.484. The number of hydrogen-bond donors (Lipinski definition) is 0. The van der Waals surface area contributed by atoms with Crippen LogP contribution in [-0.2, 0) is 17.8 Å². The molecule has 0 amide bonds.